The van der Waals surface area contributed by atoms with Gasteiger partial charge in [0.1, 0.15) is 12.4 Å². The molecule has 2 nitrogen and oxygen atoms in total. The molecule has 1 rings (SSSR count). The van der Waals surface area contributed by atoms with Crippen LogP contribution in [-0.4, -0.2) is 11.2 Å². The normalized spacial score (nSPS) is 21.1. The third-order valence-electron chi connectivity index (χ3n) is 1.36. The molecule has 9 heavy (non-hydrogen) atoms. The zero-order valence-corrected chi connectivity index (χ0v) is 5.58. The zero-order valence-electron chi connectivity index (χ0n) is 5.58. The van der Waals surface area contributed by atoms with E-state index in [2.05, 4.69) is 0 Å². The predicted octanol–water partition coefficient (Wildman–Crippen LogP) is 1.75. The molecule has 0 aromatic heterocycles. The summed E-state index contributed by atoms with van der Waals surface area (Å²) in [6.07, 6.45) is 7.83. The lowest BCUT2D eigenvalue weighted by Gasteiger charge is -2.32. The first-order valence-corrected chi connectivity index (χ1v) is 3.22. The van der Waals surface area contributed by atoms with Crippen molar-refractivity contribution < 1.29 is 4.65 Å². The molecule has 0 unspecified atom stereocenters. The minimum atomic E-state index is -0.267. The molecule has 0 spiro atoms. The average Bonchev–Trinajstić information content (AvgIpc) is 2.16. The Hall–Kier alpha value is -0.600. The van der Waals surface area contributed by atoms with Gasteiger partial charge in [0.25, 0.3) is 0 Å². The zero-order chi connectivity index (χ0) is 6.74. The van der Waals surface area contributed by atoms with Gasteiger partial charge in [-0.1, -0.05) is 6.92 Å². The average molecular weight is 125 g/mol. The van der Waals surface area contributed by atoms with Crippen molar-refractivity contribution in [1.29, 1.82) is 0 Å². The van der Waals surface area contributed by atoms with E-state index in [1.165, 1.54) is 0 Å². The molecule has 0 radical (unpaired) electrons. The molecule has 1 heterocycles. The molecule has 0 fully saturated rings. The molecular weight excluding hydrogens is 114 g/mol. The van der Waals surface area contributed by atoms with Crippen LogP contribution in [0.15, 0.2) is 24.6 Å². The van der Waals surface area contributed by atoms with Gasteiger partial charge in [-0.25, -0.2) is 0 Å². The van der Waals surface area contributed by atoms with E-state index in [-0.39, 0.29) is 4.65 Å². The van der Waals surface area contributed by atoms with Gasteiger partial charge >= 0.3 is 0 Å². The van der Waals surface area contributed by atoms with Crippen molar-refractivity contribution in [1.82, 2.24) is 0 Å². The lowest BCUT2D eigenvalue weighted by atomic mass is 10.4. The number of hydrogen-bond donors (Lipinski definition) is 0. The largest absolute Gasteiger partial charge is 0.623 e. The van der Waals surface area contributed by atoms with Crippen molar-refractivity contribution in [3.8, 4) is 0 Å². The van der Waals surface area contributed by atoms with Crippen molar-refractivity contribution in [2.75, 3.05) is 6.54 Å². The minimum absolute atomic E-state index is 0.267. The monoisotopic (exact) mass is 125 g/mol. The molecular formula is C7H11NO. The van der Waals surface area contributed by atoms with Gasteiger partial charge < -0.3 is 9.85 Å². The highest BCUT2D eigenvalue weighted by Crippen LogP contribution is 2.13. The molecule has 1 aliphatic heterocycles. The summed E-state index contributed by atoms with van der Waals surface area (Å²) in [5, 5.41) is 11.3. The van der Waals surface area contributed by atoms with Crippen LogP contribution < -0.4 is 0 Å². The molecule has 50 valence electrons. The third kappa shape index (κ3) is 1.40. The lowest BCUT2D eigenvalue weighted by Crippen LogP contribution is -2.28. The fraction of sp³-hybridized carbons (Fsp3) is 0.429. The Morgan fingerprint density at radius 3 is 2.33 bits per heavy atom. The minimum Gasteiger partial charge on any atom is -0.623 e. The maximum absolute atomic E-state index is 11.3. The smallest absolute Gasteiger partial charge is 0.101 e. The molecule has 0 bridgehead atoms. The van der Waals surface area contributed by atoms with E-state index >= 15 is 0 Å². The molecule has 0 aliphatic carbocycles. The van der Waals surface area contributed by atoms with Crippen LogP contribution in [0.5, 0.6) is 0 Å². The van der Waals surface area contributed by atoms with E-state index in [0.717, 1.165) is 6.42 Å². The molecule has 0 amide bonds. The van der Waals surface area contributed by atoms with E-state index in [9.17, 15) is 5.21 Å². The molecule has 0 aromatic rings. The quantitative estimate of drug-likeness (QED) is 0.407. The summed E-state index contributed by atoms with van der Waals surface area (Å²) < 4.78 is -0.267. The third-order valence-corrected chi connectivity index (χ3v) is 1.36. The number of nitrogens with zero attached hydrogens (tertiary/aromatic N) is 1. The van der Waals surface area contributed by atoms with Crippen LogP contribution in [0, 0.1) is 5.21 Å². The van der Waals surface area contributed by atoms with Gasteiger partial charge in [0.15, 0.2) is 0 Å². The summed E-state index contributed by atoms with van der Waals surface area (Å²) in [5.74, 6) is 0. The van der Waals surface area contributed by atoms with Gasteiger partial charge in [-0.05, 0) is 18.6 Å². The predicted molar refractivity (Wildman–Crippen MR) is 37.1 cm³/mol. The number of quaternary nitrogens is 1. The van der Waals surface area contributed by atoms with E-state index in [4.69, 9.17) is 0 Å². The fourth-order valence-electron chi connectivity index (χ4n) is 0.939. The van der Waals surface area contributed by atoms with Crippen LogP contribution in [-0.2, 0) is 0 Å². The van der Waals surface area contributed by atoms with Crippen molar-refractivity contribution in [2.24, 2.45) is 0 Å². The molecule has 0 atom stereocenters. The van der Waals surface area contributed by atoms with E-state index < -0.39 is 0 Å². The van der Waals surface area contributed by atoms with Gasteiger partial charge in [-0.15, -0.1) is 0 Å². The maximum atomic E-state index is 11.3. The SMILES string of the molecule is CCC[N+]1([O-])C=CC=C1. The van der Waals surface area contributed by atoms with Crippen molar-refractivity contribution in [2.45, 2.75) is 13.3 Å². The fourth-order valence-corrected chi connectivity index (χ4v) is 0.939. The summed E-state index contributed by atoms with van der Waals surface area (Å²) >= 11 is 0. The molecule has 1 aliphatic rings. The van der Waals surface area contributed by atoms with Gasteiger partial charge in [0, 0.05) is 0 Å². The van der Waals surface area contributed by atoms with Crippen LogP contribution in [0.1, 0.15) is 13.3 Å². The number of hydrogen-bond acceptors (Lipinski definition) is 1. The Morgan fingerprint density at radius 1 is 1.33 bits per heavy atom. The number of allylic oxidation sites excluding steroid dienone is 2. The maximum Gasteiger partial charge on any atom is 0.101 e. The molecule has 0 N–H and O–H groups in total. The van der Waals surface area contributed by atoms with E-state index in [1.54, 1.807) is 24.6 Å². The summed E-state index contributed by atoms with van der Waals surface area (Å²) in [5.41, 5.74) is 0. The highest BCUT2D eigenvalue weighted by molar-refractivity contribution is 5.03. The Morgan fingerprint density at radius 2 is 1.89 bits per heavy atom. The molecule has 0 saturated carbocycles. The summed E-state index contributed by atoms with van der Waals surface area (Å²) in [6, 6.07) is 0. The Bertz CT molecular complexity index is 137. The van der Waals surface area contributed by atoms with Gasteiger partial charge in [-0.3, -0.25) is 0 Å². The van der Waals surface area contributed by atoms with Crippen LogP contribution in [0.25, 0.3) is 0 Å². The second-order valence-corrected chi connectivity index (χ2v) is 2.26. The van der Waals surface area contributed by atoms with Crippen LogP contribution in [0.2, 0.25) is 0 Å². The van der Waals surface area contributed by atoms with Gasteiger partial charge in [0.05, 0.1) is 6.54 Å². The van der Waals surface area contributed by atoms with Crippen molar-refractivity contribution >= 4 is 0 Å². The summed E-state index contributed by atoms with van der Waals surface area (Å²) in [6.45, 7) is 2.67. The standard InChI is InChI=1S/C7H11NO/c1-2-5-8(9)6-3-4-7-8/h3-4,6-7H,2,5H2,1H3. The Labute approximate surface area is 55.3 Å². The van der Waals surface area contributed by atoms with Gasteiger partial charge in [0.2, 0.25) is 0 Å². The summed E-state index contributed by atoms with van der Waals surface area (Å²) in [7, 11) is 0. The second kappa shape index (κ2) is 2.33. The van der Waals surface area contributed by atoms with Crippen LogP contribution >= 0.6 is 0 Å². The lowest BCUT2D eigenvalue weighted by molar-refractivity contribution is -0.771. The Balaban J connectivity index is 2.53. The van der Waals surface area contributed by atoms with E-state index in [0.29, 0.717) is 6.54 Å². The topological polar surface area (TPSA) is 23.1 Å². The van der Waals surface area contributed by atoms with Crippen LogP contribution in [0.4, 0.5) is 0 Å². The number of hydroxylamine groups is 3. The Kier molecular flexibility index (Phi) is 1.69. The highest BCUT2D eigenvalue weighted by atomic mass is 16.5. The first-order valence-electron chi connectivity index (χ1n) is 3.22. The second-order valence-electron chi connectivity index (χ2n) is 2.26. The van der Waals surface area contributed by atoms with Crippen molar-refractivity contribution in [3.05, 3.63) is 29.8 Å². The van der Waals surface area contributed by atoms with Gasteiger partial charge in [-0.2, -0.15) is 0 Å². The molecule has 0 saturated heterocycles. The van der Waals surface area contributed by atoms with E-state index in [1.807, 2.05) is 6.92 Å². The van der Waals surface area contributed by atoms with Crippen molar-refractivity contribution in [3.63, 3.8) is 0 Å². The summed E-state index contributed by atoms with van der Waals surface area (Å²) in [4.78, 5) is 0. The molecule has 2 heteroatoms. The highest BCUT2D eigenvalue weighted by Gasteiger charge is 2.09. The van der Waals surface area contributed by atoms with Crippen LogP contribution in [0.3, 0.4) is 0 Å². The first-order chi connectivity index (χ1) is 4.27. The first kappa shape index (κ1) is 6.52. The molecule has 0 aromatic carbocycles. The number of rotatable bonds is 2.